The quantitative estimate of drug-likeness (QED) is 0.870. The van der Waals surface area contributed by atoms with Gasteiger partial charge in [0.05, 0.1) is 5.54 Å². The van der Waals surface area contributed by atoms with Gasteiger partial charge in [-0.25, -0.2) is 4.79 Å². The van der Waals surface area contributed by atoms with E-state index in [1.807, 2.05) is 4.90 Å². The molecule has 1 unspecified atom stereocenters. The number of amides is 2. The van der Waals surface area contributed by atoms with Crippen LogP contribution in [0.4, 0.5) is 4.79 Å². The summed E-state index contributed by atoms with van der Waals surface area (Å²) >= 11 is 0. The Kier molecular flexibility index (Phi) is 4.93. The van der Waals surface area contributed by atoms with Crippen LogP contribution < -0.4 is 5.32 Å². The van der Waals surface area contributed by atoms with E-state index in [-0.39, 0.29) is 24.1 Å². The maximum Gasteiger partial charge on any atom is 0.318 e. The van der Waals surface area contributed by atoms with Crippen LogP contribution in [0, 0.1) is 12.8 Å². The first-order chi connectivity index (χ1) is 12.6. The Hall–Kier alpha value is -1.59. The Balaban J connectivity index is 1.42. The second kappa shape index (κ2) is 7.20. The number of urea groups is 1. The fourth-order valence-corrected chi connectivity index (χ4v) is 4.82. The van der Waals surface area contributed by atoms with Crippen LogP contribution in [0.5, 0.6) is 0 Å². The molecule has 1 aromatic carbocycles. The average Bonchev–Trinajstić information content (AvgIpc) is 3.45. The number of hydrogen-bond acceptors (Lipinski definition) is 3. The molecule has 1 atom stereocenters. The molecular formula is C21H30N2O3. The number of ether oxygens (including phenoxy) is 1. The number of aliphatic hydroxyl groups excluding tert-OH is 1. The number of nitrogens with zero attached hydrogens (tertiary/aromatic N) is 1. The molecule has 4 rings (SSSR count). The van der Waals surface area contributed by atoms with Crippen molar-refractivity contribution in [1.29, 1.82) is 0 Å². The van der Waals surface area contributed by atoms with Gasteiger partial charge in [-0.2, -0.15) is 0 Å². The summed E-state index contributed by atoms with van der Waals surface area (Å²) in [5.74, 6) is 0.919. The lowest BCUT2D eigenvalue weighted by Crippen LogP contribution is -2.57. The summed E-state index contributed by atoms with van der Waals surface area (Å²) in [6.45, 7) is 4.89. The molecule has 2 N–H and O–H groups in total. The molecule has 0 radical (unpaired) electrons. The number of hydrogen-bond donors (Lipinski definition) is 2. The van der Waals surface area contributed by atoms with Crippen LogP contribution >= 0.6 is 0 Å². The molecule has 1 spiro atoms. The molecule has 142 valence electrons. The Morgan fingerprint density at radius 3 is 2.73 bits per heavy atom. The van der Waals surface area contributed by atoms with Crippen molar-refractivity contribution in [3.63, 3.8) is 0 Å². The standard InChI is InChI=1S/C21H30N2O3/c1-15-12-17(16-2-3-16)4-5-18(15)13-22-20(25)23-9-6-19(14-24)21(23)7-10-26-11-8-21/h4-5,12,16,19,24H,2-3,6-11,13-14H2,1H3,(H,22,25). The number of carbonyl (C=O) groups excluding carboxylic acids is 1. The zero-order chi connectivity index (χ0) is 18.1. The zero-order valence-corrected chi connectivity index (χ0v) is 15.7. The topological polar surface area (TPSA) is 61.8 Å². The van der Waals surface area contributed by atoms with Crippen LogP contribution in [0.3, 0.4) is 0 Å². The van der Waals surface area contributed by atoms with E-state index in [4.69, 9.17) is 4.74 Å². The molecule has 26 heavy (non-hydrogen) atoms. The van der Waals surface area contributed by atoms with E-state index in [2.05, 4.69) is 30.4 Å². The van der Waals surface area contributed by atoms with E-state index in [0.717, 1.165) is 31.7 Å². The monoisotopic (exact) mass is 358 g/mol. The van der Waals surface area contributed by atoms with Crippen LogP contribution in [0.1, 0.15) is 54.7 Å². The molecule has 0 aromatic heterocycles. The van der Waals surface area contributed by atoms with Gasteiger partial charge in [0.1, 0.15) is 0 Å². The SMILES string of the molecule is Cc1cc(C2CC2)ccc1CNC(=O)N1CCC(CO)C12CCOCC2. The van der Waals surface area contributed by atoms with Crippen LogP contribution in [0.15, 0.2) is 18.2 Å². The van der Waals surface area contributed by atoms with Gasteiger partial charge in [0.2, 0.25) is 0 Å². The second-order valence-corrected chi connectivity index (χ2v) is 8.15. The summed E-state index contributed by atoms with van der Waals surface area (Å²) in [7, 11) is 0. The van der Waals surface area contributed by atoms with Crippen molar-refractivity contribution in [3.8, 4) is 0 Å². The summed E-state index contributed by atoms with van der Waals surface area (Å²) in [4.78, 5) is 14.9. The minimum absolute atomic E-state index is 0.00600. The highest BCUT2D eigenvalue weighted by Crippen LogP contribution is 2.42. The zero-order valence-electron chi connectivity index (χ0n) is 15.7. The summed E-state index contributed by atoms with van der Waals surface area (Å²) in [6.07, 6.45) is 5.13. The van der Waals surface area contributed by atoms with Gasteiger partial charge in [-0.3, -0.25) is 0 Å². The van der Waals surface area contributed by atoms with E-state index in [0.29, 0.717) is 19.8 Å². The predicted molar refractivity (Wildman–Crippen MR) is 100 cm³/mol. The lowest BCUT2D eigenvalue weighted by Gasteiger charge is -2.44. The minimum Gasteiger partial charge on any atom is -0.396 e. The van der Waals surface area contributed by atoms with Crippen molar-refractivity contribution in [2.45, 2.75) is 57.0 Å². The van der Waals surface area contributed by atoms with Gasteiger partial charge < -0.3 is 20.1 Å². The van der Waals surface area contributed by atoms with E-state index < -0.39 is 0 Å². The van der Waals surface area contributed by atoms with Crippen molar-refractivity contribution in [1.82, 2.24) is 10.2 Å². The second-order valence-electron chi connectivity index (χ2n) is 8.15. The molecular weight excluding hydrogens is 328 g/mol. The van der Waals surface area contributed by atoms with Crippen molar-refractivity contribution < 1.29 is 14.6 Å². The maximum absolute atomic E-state index is 12.9. The van der Waals surface area contributed by atoms with Gasteiger partial charge in [0.15, 0.2) is 0 Å². The molecule has 2 amide bonds. The first-order valence-corrected chi connectivity index (χ1v) is 9.97. The fraction of sp³-hybridized carbons (Fsp3) is 0.667. The molecule has 5 heteroatoms. The highest BCUT2D eigenvalue weighted by molar-refractivity contribution is 5.75. The highest BCUT2D eigenvalue weighted by atomic mass is 16.5. The molecule has 0 bridgehead atoms. The summed E-state index contributed by atoms with van der Waals surface area (Å²) in [5, 5.41) is 12.9. The molecule has 1 saturated carbocycles. The van der Waals surface area contributed by atoms with Crippen molar-refractivity contribution in [2.24, 2.45) is 5.92 Å². The predicted octanol–water partition coefficient (Wildman–Crippen LogP) is 2.95. The smallest absolute Gasteiger partial charge is 0.318 e. The Morgan fingerprint density at radius 1 is 1.31 bits per heavy atom. The lowest BCUT2D eigenvalue weighted by atomic mass is 9.79. The largest absolute Gasteiger partial charge is 0.396 e. The molecule has 2 saturated heterocycles. The first kappa shape index (κ1) is 17.8. The normalized spacial score (nSPS) is 24.8. The third-order valence-corrected chi connectivity index (χ3v) is 6.67. The van der Waals surface area contributed by atoms with Gasteiger partial charge >= 0.3 is 6.03 Å². The third-order valence-electron chi connectivity index (χ3n) is 6.67. The average molecular weight is 358 g/mol. The Morgan fingerprint density at radius 2 is 2.08 bits per heavy atom. The molecule has 5 nitrogen and oxygen atoms in total. The van der Waals surface area contributed by atoms with Crippen molar-refractivity contribution in [3.05, 3.63) is 34.9 Å². The number of carbonyl (C=O) groups is 1. The number of benzene rings is 1. The van der Waals surface area contributed by atoms with E-state index in [9.17, 15) is 9.90 Å². The summed E-state index contributed by atoms with van der Waals surface area (Å²) in [5.41, 5.74) is 3.64. The van der Waals surface area contributed by atoms with Crippen LogP contribution in [-0.2, 0) is 11.3 Å². The third kappa shape index (κ3) is 3.23. The van der Waals surface area contributed by atoms with Crippen molar-refractivity contribution in [2.75, 3.05) is 26.4 Å². The summed E-state index contributed by atoms with van der Waals surface area (Å²) in [6, 6.07) is 6.64. The van der Waals surface area contributed by atoms with E-state index in [1.165, 1.54) is 29.5 Å². The minimum atomic E-state index is -0.234. The lowest BCUT2D eigenvalue weighted by molar-refractivity contribution is -0.0227. The van der Waals surface area contributed by atoms with Crippen LogP contribution in [0.2, 0.25) is 0 Å². The number of likely N-dealkylation sites (tertiary alicyclic amines) is 1. The Labute approximate surface area is 155 Å². The summed E-state index contributed by atoms with van der Waals surface area (Å²) < 4.78 is 5.52. The van der Waals surface area contributed by atoms with Gasteiger partial charge in [0, 0.05) is 38.8 Å². The Bertz CT molecular complexity index is 665. The molecule has 3 aliphatic rings. The van der Waals surface area contributed by atoms with Gasteiger partial charge in [-0.1, -0.05) is 18.2 Å². The fourth-order valence-electron chi connectivity index (χ4n) is 4.82. The molecule has 3 fully saturated rings. The van der Waals surface area contributed by atoms with E-state index in [1.54, 1.807) is 0 Å². The number of nitrogens with one attached hydrogen (secondary N) is 1. The van der Waals surface area contributed by atoms with Gasteiger partial charge in [-0.15, -0.1) is 0 Å². The van der Waals surface area contributed by atoms with Crippen molar-refractivity contribution >= 4 is 6.03 Å². The molecule has 2 heterocycles. The van der Waals surface area contributed by atoms with Gasteiger partial charge in [0.25, 0.3) is 0 Å². The first-order valence-electron chi connectivity index (χ1n) is 9.97. The molecule has 1 aliphatic carbocycles. The van der Waals surface area contributed by atoms with Gasteiger partial charge in [-0.05, 0) is 61.6 Å². The van der Waals surface area contributed by atoms with Crippen LogP contribution in [0.25, 0.3) is 0 Å². The van der Waals surface area contributed by atoms with E-state index >= 15 is 0 Å². The molecule has 1 aromatic rings. The maximum atomic E-state index is 12.9. The van der Waals surface area contributed by atoms with Crippen LogP contribution in [-0.4, -0.2) is 47.9 Å². The number of aryl methyl sites for hydroxylation is 1. The number of rotatable bonds is 4. The number of aliphatic hydroxyl groups is 1. The molecule has 2 aliphatic heterocycles. The highest BCUT2D eigenvalue weighted by Gasteiger charge is 2.51.